The maximum Gasteiger partial charge on any atom is 0.362 e. The van der Waals surface area contributed by atoms with E-state index in [4.69, 9.17) is 4.74 Å². The number of para-hydroxylation sites is 2. The summed E-state index contributed by atoms with van der Waals surface area (Å²) in [5.74, 6) is -0.0195. The second-order valence-electron chi connectivity index (χ2n) is 8.30. The maximum atomic E-state index is 12.5. The second-order valence-corrected chi connectivity index (χ2v) is 8.30. The number of nitrogens with zero attached hydrogens (tertiary/aromatic N) is 2. The summed E-state index contributed by atoms with van der Waals surface area (Å²) >= 11 is 0. The minimum Gasteiger partial charge on any atom is -0.450 e. The number of fused-ring (bicyclic) bond motifs is 3. The van der Waals surface area contributed by atoms with Crippen molar-refractivity contribution >= 4 is 27.8 Å². The Kier molecular flexibility index (Phi) is 4.16. The van der Waals surface area contributed by atoms with Gasteiger partial charge in [-0.2, -0.15) is 0 Å². The van der Waals surface area contributed by atoms with Crippen molar-refractivity contribution in [1.29, 1.82) is 0 Å². The first-order chi connectivity index (χ1) is 13.2. The van der Waals surface area contributed by atoms with E-state index in [1.165, 1.54) is 47.5 Å². The number of carbonyl (C=O) groups is 1. The molecular formula is C23H27N2O2+. The molecule has 0 bridgehead atoms. The Morgan fingerprint density at radius 1 is 0.889 bits per heavy atom. The first kappa shape index (κ1) is 16.8. The lowest BCUT2D eigenvalue weighted by Gasteiger charge is -2.42. The van der Waals surface area contributed by atoms with Gasteiger partial charge < -0.3 is 13.8 Å². The van der Waals surface area contributed by atoms with Gasteiger partial charge in [0, 0.05) is 21.8 Å². The van der Waals surface area contributed by atoms with Gasteiger partial charge in [-0.1, -0.05) is 36.4 Å². The van der Waals surface area contributed by atoms with Crippen LogP contribution in [-0.4, -0.2) is 47.3 Å². The third kappa shape index (κ3) is 3.02. The predicted molar refractivity (Wildman–Crippen MR) is 108 cm³/mol. The van der Waals surface area contributed by atoms with Crippen molar-refractivity contribution in [3.05, 3.63) is 48.5 Å². The monoisotopic (exact) mass is 363 g/mol. The topological polar surface area (TPSA) is 31.2 Å². The molecule has 3 heterocycles. The number of cyclic esters (lactones) is 1. The maximum absolute atomic E-state index is 12.5. The molecule has 0 saturated carbocycles. The fourth-order valence-corrected chi connectivity index (χ4v) is 5.23. The van der Waals surface area contributed by atoms with Crippen LogP contribution in [0.5, 0.6) is 0 Å². The normalized spacial score (nSPS) is 22.8. The molecule has 1 spiro atoms. The van der Waals surface area contributed by atoms with Gasteiger partial charge in [-0.15, -0.1) is 0 Å². The number of quaternary nitrogens is 1. The number of hydrogen-bond donors (Lipinski definition) is 0. The number of carbonyl (C=O) groups excluding carboxylic acids is 1. The highest BCUT2D eigenvalue weighted by molar-refractivity contribution is 6.07. The van der Waals surface area contributed by atoms with Crippen molar-refractivity contribution in [2.45, 2.75) is 38.3 Å². The Balaban J connectivity index is 1.51. The molecule has 0 amide bonds. The molecule has 4 heteroatoms. The van der Waals surface area contributed by atoms with Crippen LogP contribution in [0.1, 0.15) is 25.7 Å². The molecule has 0 N–H and O–H groups in total. The smallest absolute Gasteiger partial charge is 0.362 e. The van der Waals surface area contributed by atoms with Gasteiger partial charge in [0.2, 0.25) is 0 Å². The van der Waals surface area contributed by atoms with Gasteiger partial charge in [0.15, 0.2) is 12.6 Å². The van der Waals surface area contributed by atoms with Crippen molar-refractivity contribution in [2.24, 2.45) is 0 Å². The molecule has 2 aliphatic heterocycles. The van der Waals surface area contributed by atoms with Gasteiger partial charge in [0.1, 0.15) is 6.54 Å². The van der Waals surface area contributed by atoms with E-state index >= 15 is 0 Å². The Labute approximate surface area is 159 Å². The number of esters is 1. The zero-order valence-corrected chi connectivity index (χ0v) is 15.8. The number of benzene rings is 2. The van der Waals surface area contributed by atoms with E-state index < -0.39 is 0 Å². The van der Waals surface area contributed by atoms with Crippen molar-refractivity contribution in [3.8, 4) is 0 Å². The van der Waals surface area contributed by atoms with Crippen molar-refractivity contribution in [3.63, 3.8) is 0 Å². The molecule has 0 unspecified atom stereocenters. The molecule has 2 saturated heterocycles. The van der Waals surface area contributed by atoms with Gasteiger partial charge in [-0.25, -0.2) is 4.79 Å². The quantitative estimate of drug-likeness (QED) is 0.507. The van der Waals surface area contributed by atoms with Crippen LogP contribution in [0.4, 0.5) is 0 Å². The standard InChI is InChI=1S/C23H27N2O2/c26-23-17-25(13-7-1-2-8-14-25)16-18(27-23)15-24-21-11-5-3-9-19(21)20-10-4-6-12-22(20)24/h3-6,9-12,18H,1-2,7-8,13-17H2/q+1/t18-/m1/s1. The summed E-state index contributed by atoms with van der Waals surface area (Å²) in [6.07, 6.45) is 5.01. The van der Waals surface area contributed by atoms with E-state index in [1.54, 1.807) is 0 Å². The first-order valence-corrected chi connectivity index (χ1v) is 10.2. The number of aromatic nitrogens is 1. The van der Waals surface area contributed by atoms with E-state index in [1.807, 2.05) is 0 Å². The Hall–Kier alpha value is -2.33. The van der Waals surface area contributed by atoms with Crippen LogP contribution >= 0.6 is 0 Å². The summed E-state index contributed by atoms with van der Waals surface area (Å²) in [6, 6.07) is 17.1. The number of morpholine rings is 1. The van der Waals surface area contributed by atoms with Gasteiger partial charge in [0.05, 0.1) is 19.6 Å². The molecule has 4 nitrogen and oxygen atoms in total. The van der Waals surface area contributed by atoms with Crippen LogP contribution < -0.4 is 0 Å². The fraction of sp³-hybridized carbons (Fsp3) is 0.435. The van der Waals surface area contributed by atoms with Crippen LogP contribution in [0.2, 0.25) is 0 Å². The summed E-state index contributed by atoms with van der Waals surface area (Å²) in [7, 11) is 0. The zero-order chi connectivity index (χ0) is 18.3. The molecule has 1 atom stereocenters. The Morgan fingerprint density at radius 2 is 1.48 bits per heavy atom. The minimum atomic E-state index is -0.0523. The highest BCUT2D eigenvalue weighted by Gasteiger charge is 2.41. The average molecular weight is 363 g/mol. The van der Waals surface area contributed by atoms with Crippen LogP contribution in [-0.2, 0) is 16.1 Å². The summed E-state index contributed by atoms with van der Waals surface area (Å²) in [4.78, 5) is 12.5. The third-order valence-electron chi connectivity index (χ3n) is 6.43. The van der Waals surface area contributed by atoms with E-state index in [-0.39, 0.29) is 12.1 Å². The number of ether oxygens (including phenoxy) is 1. The molecule has 0 radical (unpaired) electrons. The first-order valence-electron chi connectivity index (χ1n) is 10.2. The molecular weight excluding hydrogens is 336 g/mol. The third-order valence-corrected chi connectivity index (χ3v) is 6.43. The second kappa shape index (κ2) is 6.68. The highest BCUT2D eigenvalue weighted by atomic mass is 16.5. The number of hydrogen-bond acceptors (Lipinski definition) is 2. The largest absolute Gasteiger partial charge is 0.450 e. The summed E-state index contributed by atoms with van der Waals surface area (Å²) in [6.45, 7) is 4.49. The average Bonchev–Trinajstić information content (AvgIpc) is 2.81. The molecule has 1 aromatic heterocycles. The van der Waals surface area contributed by atoms with Gasteiger partial charge >= 0.3 is 5.97 Å². The zero-order valence-electron chi connectivity index (χ0n) is 15.8. The molecule has 2 aliphatic rings. The highest BCUT2D eigenvalue weighted by Crippen LogP contribution is 2.30. The van der Waals surface area contributed by atoms with Crippen molar-refractivity contribution < 1.29 is 14.0 Å². The van der Waals surface area contributed by atoms with E-state index in [9.17, 15) is 4.79 Å². The van der Waals surface area contributed by atoms with E-state index in [0.29, 0.717) is 6.54 Å². The predicted octanol–water partition coefficient (Wildman–Crippen LogP) is 4.11. The van der Waals surface area contributed by atoms with Gasteiger partial charge in [0.25, 0.3) is 0 Å². The van der Waals surface area contributed by atoms with Crippen LogP contribution in [0.15, 0.2) is 48.5 Å². The molecule has 27 heavy (non-hydrogen) atoms. The Bertz CT molecular complexity index is 929. The fourth-order valence-electron chi connectivity index (χ4n) is 5.23. The molecule has 2 fully saturated rings. The molecule has 2 aromatic carbocycles. The SMILES string of the molecule is O=C1C[N+]2(CCCCCC2)C[C@@H](Cn2c3ccccc3c3ccccc32)O1. The summed E-state index contributed by atoms with van der Waals surface area (Å²) in [5, 5.41) is 2.54. The molecule has 0 aliphatic carbocycles. The lowest BCUT2D eigenvalue weighted by Crippen LogP contribution is -2.60. The lowest BCUT2D eigenvalue weighted by atomic mass is 10.1. The van der Waals surface area contributed by atoms with Gasteiger partial charge in [-0.3, -0.25) is 0 Å². The van der Waals surface area contributed by atoms with Gasteiger partial charge in [-0.05, 0) is 37.8 Å². The van der Waals surface area contributed by atoms with Crippen LogP contribution in [0, 0.1) is 0 Å². The van der Waals surface area contributed by atoms with Crippen molar-refractivity contribution in [1.82, 2.24) is 4.57 Å². The summed E-state index contributed by atoms with van der Waals surface area (Å²) < 4.78 is 9.13. The molecule has 140 valence electrons. The Morgan fingerprint density at radius 3 is 2.11 bits per heavy atom. The van der Waals surface area contributed by atoms with Crippen LogP contribution in [0.3, 0.4) is 0 Å². The van der Waals surface area contributed by atoms with Crippen molar-refractivity contribution in [2.75, 3.05) is 26.2 Å². The minimum absolute atomic E-state index is 0.0195. The molecule has 3 aromatic rings. The number of rotatable bonds is 2. The lowest BCUT2D eigenvalue weighted by molar-refractivity contribution is -0.928. The van der Waals surface area contributed by atoms with Crippen LogP contribution in [0.25, 0.3) is 21.8 Å². The van der Waals surface area contributed by atoms with E-state index in [0.717, 1.165) is 30.7 Å². The summed E-state index contributed by atoms with van der Waals surface area (Å²) in [5.41, 5.74) is 2.45. The molecule has 5 rings (SSSR count). The van der Waals surface area contributed by atoms with E-state index in [2.05, 4.69) is 53.1 Å².